The molecule has 92 valence electrons. The summed E-state index contributed by atoms with van der Waals surface area (Å²) < 4.78 is 5.71. The zero-order valence-corrected chi connectivity index (χ0v) is 11.3. The predicted octanol–water partition coefficient (Wildman–Crippen LogP) is 2.04. The molecule has 0 aliphatic heterocycles. The largest absolute Gasteiger partial charge is 0.454 e. The summed E-state index contributed by atoms with van der Waals surface area (Å²) in [5, 5.41) is 0. The Bertz CT molecular complexity index is 445. The highest BCUT2D eigenvalue weighted by atomic mass is 79.9. The molecular formula is C12H14BrNO3. The van der Waals surface area contributed by atoms with E-state index >= 15 is 0 Å². The minimum Gasteiger partial charge on any atom is -0.454 e. The Kier molecular flexibility index (Phi) is 4.84. The lowest BCUT2D eigenvalue weighted by Gasteiger charge is -2.13. The topological polar surface area (TPSA) is 69.4 Å². The Labute approximate surface area is 108 Å². The molecule has 0 bridgehead atoms. The Morgan fingerprint density at radius 3 is 2.65 bits per heavy atom. The van der Waals surface area contributed by atoms with E-state index in [1.165, 1.54) is 6.92 Å². The SMILES string of the molecule is CC(=O)OC(C)C(=O)c1ccc(Br)cc1CN. The fraction of sp³-hybridized carbons (Fsp3) is 0.333. The number of ether oxygens (including phenoxy) is 1. The van der Waals surface area contributed by atoms with Crippen molar-refractivity contribution in [2.45, 2.75) is 26.5 Å². The molecule has 0 aliphatic carbocycles. The van der Waals surface area contributed by atoms with Crippen molar-refractivity contribution in [3.05, 3.63) is 33.8 Å². The number of hydrogen-bond acceptors (Lipinski definition) is 4. The van der Waals surface area contributed by atoms with Gasteiger partial charge in [-0.25, -0.2) is 0 Å². The van der Waals surface area contributed by atoms with Crippen LogP contribution in [0.2, 0.25) is 0 Å². The maximum absolute atomic E-state index is 12.0. The van der Waals surface area contributed by atoms with E-state index in [9.17, 15) is 9.59 Å². The van der Waals surface area contributed by atoms with Gasteiger partial charge in [0.05, 0.1) is 0 Å². The second kappa shape index (κ2) is 5.93. The quantitative estimate of drug-likeness (QED) is 0.682. The number of Topliss-reactive ketones (excluding diaryl/α,β-unsaturated/α-hetero) is 1. The van der Waals surface area contributed by atoms with Gasteiger partial charge in [0.2, 0.25) is 5.78 Å². The molecule has 1 rings (SSSR count). The lowest BCUT2D eigenvalue weighted by atomic mass is 10.0. The molecule has 17 heavy (non-hydrogen) atoms. The molecule has 0 fully saturated rings. The molecule has 4 nitrogen and oxygen atoms in total. The lowest BCUT2D eigenvalue weighted by Crippen LogP contribution is -2.24. The molecule has 0 spiro atoms. The van der Waals surface area contributed by atoms with E-state index in [0.29, 0.717) is 5.56 Å². The minimum atomic E-state index is -0.793. The monoisotopic (exact) mass is 299 g/mol. The molecule has 1 aromatic rings. The van der Waals surface area contributed by atoms with E-state index in [1.54, 1.807) is 25.1 Å². The lowest BCUT2D eigenvalue weighted by molar-refractivity contribution is -0.143. The van der Waals surface area contributed by atoms with Crippen molar-refractivity contribution in [1.82, 2.24) is 0 Å². The summed E-state index contributed by atoms with van der Waals surface area (Å²) in [6.45, 7) is 3.08. The van der Waals surface area contributed by atoms with Gasteiger partial charge >= 0.3 is 5.97 Å². The first-order chi connectivity index (χ1) is 7.95. The molecule has 1 aromatic carbocycles. The van der Waals surface area contributed by atoms with Gasteiger partial charge in [-0.3, -0.25) is 9.59 Å². The van der Waals surface area contributed by atoms with E-state index in [2.05, 4.69) is 15.9 Å². The van der Waals surface area contributed by atoms with Crippen LogP contribution in [0.5, 0.6) is 0 Å². The average molecular weight is 300 g/mol. The van der Waals surface area contributed by atoms with Crippen LogP contribution in [-0.2, 0) is 16.1 Å². The zero-order valence-electron chi connectivity index (χ0n) is 9.70. The van der Waals surface area contributed by atoms with E-state index < -0.39 is 12.1 Å². The van der Waals surface area contributed by atoms with E-state index in [0.717, 1.165) is 10.0 Å². The summed E-state index contributed by atoms with van der Waals surface area (Å²) in [4.78, 5) is 22.8. The number of carbonyl (C=O) groups excluding carboxylic acids is 2. The number of benzene rings is 1. The first-order valence-corrected chi connectivity index (χ1v) is 5.95. The number of nitrogens with two attached hydrogens (primary N) is 1. The Balaban J connectivity index is 2.99. The summed E-state index contributed by atoms with van der Waals surface area (Å²) in [7, 11) is 0. The van der Waals surface area contributed by atoms with Crippen LogP contribution < -0.4 is 5.73 Å². The number of hydrogen-bond donors (Lipinski definition) is 1. The van der Waals surface area contributed by atoms with Gasteiger partial charge in [-0.1, -0.05) is 15.9 Å². The van der Waals surface area contributed by atoms with Crippen LogP contribution in [-0.4, -0.2) is 17.9 Å². The van der Waals surface area contributed by atoms with Gasteiger partial charge in [-0.2, -0.15) is 0 Å². The van der Waals surface area contributed by atoms with Crippen molar-refractivity contribution in [3.63, 3.8) is 0 Å². The van der Waals surface area contributed by atoms with Crippen LogP contribution >= 0.6 is 15.9 Å². The van der Waals surface area contributed by atoms with Crippen molar-refractivity contribution in [3.8, 4) is 0 Å². The van der Waals surface area contributed by atoms with Crippen LogP contribution in [0.3, 0.4) is 0 Å². The number of ketones is 1. The highest BCUT2D eigenvalue weighted by Crippen LogP contribution is 2.18. The molecule has 0 saturated carbocycles. The van der Waals surface area contributed by atoms with Crippen LogP contribution in [0, 0.1) is 0 Å². The fourth-order valence-corrected chi connectivity index (χ4v) is 1.90. The summed E-state index contributed by atoms with van der Waals surface area (Å²) in [5.74, 6) is -0.717. The number of esters is 1. The van der Waals surface area contributed by atoms with Gasteiger partial charge in [-0.05, 0) is 30.7 Å². The third kappa shape index (κ3) is 3.64. The number of halogens is 1. The maximum atomic E-state index is 12.0. The molecule has 0 amide bonds. The van der Waals surface area contributed by atoms with Crippen molar-refractivity contribution >= 4 is 27.7 Å². The van der Waals surface area contributed by atoms with Crippen LogP contribution in [0.25, 0.3) is 0 Å². The molecule has 2 N–H and O–H groups in total. The molecule has 1 unspecified atom stereocenters. The first kappa shape index (κ1) is 13.9. The number of carbonyl (C=O) groups is 2. The first-order valence-electron chi connectivity index (χ1n) is 5.15. The highest BCUT2D eigenvalue weighted by Gasteiger charge is 2.20. The molecule has 0 aliphatic rings. The fourth-order valence-electron chi connectivity index (χ4n) is 1.49. The Hall–Kier alpha value is -1.20. The average Bonchev–Trinajstić information content (AvgIpc) is 2.27. The molecular weight excluding hydrogens is 286 g/mol. The van der Waals surface area contributed by atoms with Crippen LogP contribution in [0.15, 0.2) is 22.7 Å². The van der Waals surface area contributed by atoms with Crippen molar-refractivity contribution in [2.24, 2.45) is 5.73 Å². The Morgan fingerprint density at radius 2 is 2.12 bits per heavy atom. The van der Waals surface area contributed by atoms with Gasteiger partial charge in [0.15, 0.2) is 6.10 Å². The molecule has 0 aromatic heterocycles. The number of rotatable bonds is 4. The van der Waals surface area contributed by atoms with Gasteiger partial charge < -0.3 is 10.5 Å². The predicted molar refractivity (Wildman–Crippen MR) is 67.6 cm³/mol. The summed E-state index contributed by atoms with van der Waals surface area (Å²) in [5.41, 5.74) is 6.79. The van der Waals surface area contributed by atoms with E-state index in [4.69, 9.17) is 10.5 Å². The highest BCUT2D eigenvalue weighted by molar-refractivity contribution is 9.10. The standard InChI is InChI=1S/C12H14BrNO3/c1-7(17-8(2)15)12(16)11-4-3-10(13)5-9(11)6-14/h3-5,7H,6,14H2,1-2H3. The Morgan fingerprint density at radius 1 is 1.47 bits per heavy atom. The second-order valence-electron chi connectivity index (χ2n) is 3.62. The molecule has 1 atom stereocenters. The zero-order chi connectivity index (χ0) is 13.0. The maximum Gasteiger partial charge on any atom is 0.303 e. The summed E-state index contributed by atoms with van der Waals surface area (Å²) >= 11 is 3.31. The van der Waals surface area contributed by atoms with Crippen LogP contribution in [0.4, 0.5) is 0 Å². The molecule has 0 heterocycles. The van der Waals surface area contributed by atoms with Gasteiger partial charge in [0.1, 0.15) is 0 Å². The third-order valence-corrected chi connectivity index (χ3v) is 2.76. The van der Waals surface area contributed by atoms with Gasteiger partial charge in [0.25, 0.3) is 0 Å². The molecule has 5 heteroatoms. The minimum absolute atomic E-state index is 0.242. The van der Waals surface area contributed by atoms with E-state index in [1.807, 2.05) is 0 Å². The summed E-state index contributed by atoms with van der Waals surface area (Å²) in [6, 6.07) is 5.22. The third-order valence-electron chi connectivity index (χ3n) is 2.26. The van der Waals surface area contributed by atoms with Crippen molar-refractivity contribution in [2.75, 3.05) is 0 Å². The molecule has 0 radical (unpaired) electrons. The van der Waals surface area contributed by atoms with Gasteiger partial charge in [0, 0.05) is 23.5 Å². The second-order valence-corrected chi connectivity index (χ2v) is 4.54. The summed E-state index contributed by atoms with van der Waals surface area (Å²) in [6.07, 6.45) is -0.793. The smallest absolute Gasteiger partial charge is 0.303 e. The van der Waals surface area contributed by atoms with E-state index in [-0.39, 0.29) is 12.3 Å². The van der Waals surface area contributed by atoms with Crippen LogP contribution in [0.1, 0.15) is 29.8 Å². The van der Waals surface area contributed by atoms with Crippen molar-refractivity contribution < 1.29 is 14.3 Å². The van der Waals surface area contributed by atoms with Gasteiger partial charge in [-0.15, -0.1) is 0 Å². The normalized spacial score (nSPS) is 12.0. The van der Waals surface area contributed by atoms with Crippen molar-refractivity contribution in [1.29, 1.82) is 0 Å². The molecule has 0 saturated heterocycles.